The highest BCUT2D eigenvalue weighted by atomic mass is 16.5. The number of amides is 3. The van der Waals surface area contributed by atoms with Crippen LogP contribution >= 0.6 is 0 Å². The Kier molecular flexibility index (Phi) is 11.2. The number of hydrogen-bond acceptors (Lipinski definition) is 8. The molecule has 1 aliphatic carbocycles. The van der Waals surface area contributed by atoms with Gasteiger partial charge in [-0.3, -0.25) is 19.3 Å². The van der Waals surface area contributed by atoms with E-state index in [-0.39, 0.29) is 36.1 Å². The summed E-state index contributed by atoms with van der Waals surface area (Å²) in [6.45, 7) is 8.06. The monoisotopic (exact) mass is 812 g/mol. The second-order valence-corrected chi connectivity index (χ2v) is 17.5. The number of likely N-dealkylation sites (tertiary alicyclic amines) is 2. The predicted octanol–water partition coefficient (Wildman–Crippen LogP) is 5.16. The molecule has 2 aromatic heterocycles. The molecular weight excluding hydrogens is 757 g/mol. The quantitative estimate of drug-likeness (QED) is 0.185. The first-order valence-electron chi connectivity index (χ1n) is 21.7. The zero-order chi connectivity index (χ0) is 41.4. The summed E-state index contributed by atoms with van der Waals surface area (Å²) < 4.78 is 7.59. The fourth-order valence-corrected chi connectivity index (χ4v) is 9.92. The lowest BCUT2D eigenvalue weighted by Crippen LogP contribution is -2.59. The summed E-state index contributed by atoms with van der Waals surface area (Å²) in [5.41, 5.74) is 4.62. The number of nitrogens with zero attached hydrogens (tertiary/aromatic N) is 6. The van der Waals surface area contributed by atoms with E-state index in [1.54, 1.807) is 15.8 Å². The highest BCUT2D eigenvalue weighted by Crippen LogP contribution is 2.49. The van der Waals surface area contributed by atoms with Crippen LogP contribution in [0, 0.1) is 6.92 Å². The molecule has 314 valence electrons. The third kappa shape index (κ3) is 8.17. The Morgan fingerprint density at radius 2 is 1.57 bits per heavy atom. The third-order valence-electron chi connectivity index (χ3n) is 13.6. The van der Waals surface area contributed by atoms with Crippen molar-refractivity contribution in [2.24, 2.45) is 0 Å². The van der Waals surface area contributed by atoms with Gasteiger partial charge in [0, 0.05) is 68.2 Å². The van der Waals surface area contributed by atoms with Gasteiger partial charge in [0.1, 0.15) is 6.04 Å². The standard InChI is InChI=1S/C47H56N8O5/c1-32-26-33(27-36-30-48-55(42(32)36)31-60-45(58)47(16-17-47)37-9-4-3-5-10-37)28-41(44(57)53-24-22-52(23-25-53)38-14-18-51(2)19-15-38)50-46(59)54-20-12-34(13-21-54)39-29-35-8-6-7-11-40(35)49-43(39)56/h3-11,26-27,29-30,34,38,41H,12-25,28,31H2,1-2H3,(H,49,56)(H,50,59). The first-order valence-corrected chi connectivity index (χ1v) is 21.7. The summed E-state index contributed by atoms with van der Waals surface area (Å²) >= 11 is 0. The fraction of sp³-hybridized carbons (Fsp3) is 0.468. The molecule has 5 heterocycles. The van der Waals surface area contributed by atoms with E-state index in [1.165, 1.54) is 0 Å². The number of aromatic amines is 1. The average molecular weight is 813 g/mol. The van der Waals surface area contributed by atoms with Gasteiger partial charge in [0.25, 0.3) is 5.56 Å². The molecule has 2 N–H and O–H groups in total. The lowest BCUT2D eigenvalue weighted by Gasteiger charge is -2.43. The van der Waals surface area contributed by atoms with Gasteiger partial charge in [0.05, 0.1) is 17.1 Å². The Labute approximate surface area is 350 Å². The summed E-state index contributed by atoms with van der Waals surface area (Å²) in [7, 11) is 2.17. The number of carbonyl (C=O) groups is 3. The molecule has 60 heavy (non-hydrogen) atoms. The molecule has 3 saturated heterocycles. The maximum absolute atomic E-state index is 14.5. The number of fused-ring (bicyclic) bond motifs is 2. The van der Waals surface area contributed by atoms with Gasteiger partial charge >= 0.3 is 12.0 Å². The number of aromatic nitrogens is 3. The zero-order valence-corrected chi connectivity index (χ0v) is 34.8. The highest BCUT2D eigenvalue weighted by Gasteiger charge is 2.52. The Morgan fingerprint density at radius 1 is 0.850 bits per heavy atom. The van der Waals surface area contributed by atoms with Crippen molar-refractivity contribution in [3.63, 3.8) is 0 Å². The van der Waals surface area contributed by atoms with Crippen LogP contribution in [-0.4, -0.2) is 124 Å². The Bertz CT molecular complexity index is 2420. The molecule has 5 aromatic rings. The second-order valence-electron chi connectivity index (χ2n) is 17.5. The summed E-state index contributed by atoms with van der Waals surface area (Å²) in [6.07, 6.45) is 7.24. The van der Waals surface area contributed by atoms with Crippen LogP contribution in [-0.2, 0) is 32.9 Å². The molecule has 1 unspecified atom stereocenters. The molecule has 13 nitrogen and oxygen atoms in total. The van der Waals surface area contributed by atoms with E-state index in [0.717, 1.165) is 95.9 Å². The fourth-order valence-electron chi connectivity index (χ4n) is 9.92. The van der Waals surface area contributed by atoms with Gasteiger partial charge in [-0.15, -0.1) is 0 Å². The summed E-state index contributed by atoms with van der Waals surface area (Å²) in [4.78, 5) is 66.5. The van der Waals surface area contributed by atoms with Crippen molar-refractivity contribution in [1.29, 1.82) is 0 Å². The molecule has 1 saturated carbocycles. The summed E-state index contributed by atoms with van der Waals surface area (Å²) in [5.74, 6) is -0.266. The van der Waals surface area contributed by atoms with Gasteiger partial charge in [0.2, 0.25) is 5.91 Å². The molecule has 9 rings (SSSR count). The number of urea groups is 1. The van der Waals surface area contributed by atoms with E-state index < -0.39 is 11.5 Å². The van der Waals surface area contributed by atoms with Crippen molar-refractivity contribution >= 4 is 39.7 Å². The minimum atomic E-state index is -0.769. The number of hydrogen-bond donors (Lipinski definition) is 2. The Hall–Kier alpha value is -5.53. The number of benzene rings is 3. The van der Waals surface area contributed by atoms with E-state index in [4.69, 9.17) is 4.74 Å². The largest absolute Gasteiger partial charge is 0.442 e. The van der Waals surface area contributed by atoms with Gasteiger partial charge in [-0.1, -0.05) is 54.6 Å². The molecule has 4 fully saturated rings. The lowest BCUT2D eigenvalue weighted by atomic mass is 9.89. The van der Waals surface area contributed by atoms with Crippen LogP contribution in [0.2, 0.25) is 0 Å². The van der Waals surface area contributed by atoms with Crippen LogP contribution in [0.25, 0.3) is 21.8 Å². The van der Waals surface area contributed by atoms with Crippen LogP contribution in [0.1, 0.15) is 66.7 Å². The maximum Gasteiger partial charge on any atom is 0.318 e. The molecule has 3 aliphatic heterocycles. The number of esters is 1. The van der Waals surface area contributed by atoms with Gasteiger partial charge in [-0.25, -0.2) is 9.48 Å². The number of nitrogens with one attached hydrogen (secondary N) is 2. The number of aryl methyl sites for hydroxylation is 1. The molecular formula is C47H56N8O5. The Balaban J connectivity index is 0.889. The van der Waals surface area contributed by atoms with E-state index in [9.17, 15) is 19.2 Å². The molecule has 13 heteroatoms. The second kappa shape index (κ2) is 16.8. The Morgan fingerprint density at radius 3 is 2.30 bits per heavy atom. The number of piperazine rings is 1. The topological polar surface area (TPSA) is 136 Å². The van der Waals surface area contributed by atoms with E-state index in [0.29, 0.717) is 51.5 Å². The SMILES string of the molecule is Cc1cc(CC(NC(=O)N2CCC(c3cc4ccccc4[nH]c3=O)CC2)C(=O)N2CCN(C3CCN(C)CC3)CC2)cc2cnn(COC(=O)C3(c4ccccc4)CC3)c12. The van der Waals surface area contributed by atoms with Crippen LogP contribution in [0.3, 0.4) is 0 Å². The van der Waals surface area contributed by atoms with Crippen molar-refractivity contribution in [3.8, 4) is 0 Å². The summed E-state index contributed by atoms with van der Waals surface area (Å²) in [6, 6.07) is 23.2. The predicted molar refractivity (Wildman–Crippen MR) is 231 cm³/mol. The number of pyridine rings is 1. The lowest BCUT2D eigenvalue weighted by molar-refractivity contribution is -0.151. The number of rotatable bonds is 10. The van der Waals surface area contributed by atoms with Gasteiger partial charge in [-0.2, -0.15) is 5.10 Å². The van der Waals surface area contributed by atoms with Crippen LogP contribution in [0.5, 0.6) is 0 Å². The van der Waals surface area contributed by atoms with Crippen molar-refractivity contribution in [2.45, 2.75) is 82.0 Å². The van der Waals surface area contributed by atoms with E-state index >= 15 is 0 Å². The third-order valence-corrected chi connectivity index (χ3v) is 13.6. The smallest absolute Gasteiger partial charge is 0.318 e. The molecule has 0 bridgehead atoms. The molecule has 4 aliphatic rings. The zero-order valence-electron chi connectivity index (χ0n) is 34.8. The first kappa shape index (κ1) is 39.9. The van der Waals surface area contributed by atoms with E-state index in [2.05, 4.69) is 32.2 Å². The molecule has 3 amide bonds. The van der Waals surface area contributed by atoms with Gasteiger partial charge in [-0.05, 0) is 112 Å². The highest BCUT2D eigenvalue weighted by molar-refractivity contribution is 5.89. The number of piperidine rings is 2. The maximum atomic E-state index is 14.5. The van der Waals surface area contributed by atoms with Crippen molar-refractivity contribution in [1.82, 2.24) is 39.7 Å². The van der Waals surface area contributed by atoms with Gasteiger partial charge in [0.15, 0.2) is 6.73 Å². The molecule has 1 atom stereocenters. The van der Waals surface area contributed by atoms with Crippen LogP contribution in [0.15, 0.2) is 83.8 Å². The number of carbonyl (C=O) groups excluding carboxylic acids is 3. The number of H-pyrrole nitrogens is 1. The van der Waals surface area contributed by atoms with Gasteiger partial charge < -0.3 is 29.7 Å². The number of ether oxygens (including phenoxy) is 1. The minimum Gasteiger partial charge on any atom is -0.442 e. The normalized spacial score (nSPS) is 19.7. The van der Waals surface area contributed by atoms with Crippen molar-refractivity contribution < 1.29 is 19.1 Å². The van der Waals surface area contributed by atoms with Crippen molar-refractivity contribution in [2.75, 3.05) is 59.4 Å². The molecule has 3 aromatic carbocycles. The average Bonchev–Trinajstić information content (AvgIpc) is 3.99. The number of para-hydroxylation sites is 1. The first-order chi connectivity index (χ1) is 29.1. The van der Waals surface area contributed by atoms with Crippen LogP contribution < -0.4 is 10.9 Å². The molecule has 0 radical (unpaired) electrons. The van der Waals surface area contributed by atoms with Crippen LogP contribution in [0.4, 0.5) is 4.79 Å². The van der Waals surface area contributed by atoms with E-state index in [1.807, 2.05) is 84.6 Å². The van der Waals surface area contributed by atoms with Crippen molar-refractivity contribution in [3.05, 3.63) is 112 Å². The summed E-state index contributed by atoms with van der Waals surface area (Å²) in [5, 5.41) is 9.64. The molecule has 0 spiro atoms. The minimum absolute atomic E-state index is 0.00372.